The summed E-state index contributed by atoms with van der Waals surface area (Å²) in [5.41, 5.74) is 2.36. The Morgan fingerprint density at radius 3 is 2.74 bits per heavy atom. The summed E-state index contributed by atoms with van der Waals surface area (Å²) < 4.78 is 0. The van der Waals surface area contributed by atoms with Gasteiger partial charge in [-0.2, -0.15) is 0 Å². The third-order valence-electron chi connectivity index (χ3n) is 3.31. The Hall–Kier alpha value is -1.51. The van der Waals surface area contributed by atoms with Crippen molar-refractivity contribution < 1.29 is 0 Å². The molecule has 0 aliphatic heterocycles. The Morgan fingerprint density at radius 2 is 2.11 bits per heavy atom. The monoisotopic (exact) mass is 261 g/mol. The second-order valence-corrected chi connectivity index (χ2v) is 5.53. The Morgan fingerprint density at radius 1 is 1.37 bits per heavy atom. The van der Waals surface area contributed by atoms with Gasteiger partial charge in [-0.3, -0.25) is 0 Å². The summed E-state index contributed by atoms with van der Waals surface area (Å²) in [5.74, 6) is 1.58. The summed E-state index contributed by atoms with van der Waals surface area (Å²) in [6.45, 7) is 13.7. The molecule has 19 heavy (non-hydrogen) atoms. The van der Waals surface area contributed by atoms with Crippen LogP contribution in [0.25, 0.3) is 0 Å². The Kier molecular flexibility index (Phi) is 6.40. The molecule has 1 rings (SSSR count). The van der Waals surface area contributed by atoms with E-state index in [1.54, 1.807) is 0 Å². The maximum absolute atomic E-state index is 4.28. The van der Waals surface area contributed by atoms with Gasteiger partial charge >= 0.3 is 0 Å². The molecule has 2 N–H and O–H groups in total. The van der Waals surface area contributed by atoms with Gasteiger partial charge < -0.3 is 10.6 Å². The predicted molar refractivity (Wildman–Crippen MR) is 83.3 cm³/mol. The normalized spacial score (nSPS) is 12.3. The highest BCUT2D eigenvalue weighted by Crippen LogP contribution is 2.08. The first kappa shape index (κ1) is 15.5. The number of aromatic nitrogens is 1. The van der Waals surface area contributed by atoms with E-state index in [-0.39, 0.29) is 0 Å². The number of aryl methyl sites for hydroxylation is 1. The van der Waals surface area contributed by atoms with Crippen molar-refractivity contribution in [2.45, 2.75) is 46.6 Å². The lowest BCUT2D eigenvalue weighted by Gasteiger charge is -2.20. The van der Waals surface area contributed by atoms with E-state index < -0.39 is 0 Å². The number of pyridine rings is 1. The smallest absolute Gasteiger partial charge is 0.126 e. The van der Waals surface area contributed by atoms with E-state index in [2.05, 4.69) is 56.0 Å². The van der Waals surface area contributed by atoms with Crippen LogP contribution in [-0.2, 0) is 0 Å². The van der Waals surface area contributed by atoms with Gasteiger partial charge in [-0.25, -0.2) is 4.98 Å². The van der Waals surface area contributed by atoms with Crippen molar-refractivity contribution in [3.8, 4) is 0 Å². The van der Waals surface area contributed by atoms with E-state index >= 15 is 0 Å². The number of nitrogens with zero attached hydrogens (tertiary/aromatic N) is 1. The third-order valence-corrected chi connectivity index (χ3v) is 3.31. The van der Waals surface area contributed by atoms with Gasteiger partial charge in [0.05, 0.1) is 0 Å². The first-order valence-electron chi connectivity index (χ1n) is 7.10. The molecule has 0 fully saturated rings. The van der Waals surface area contributed by atoms with E-state index in [4.69, 9.17) is 0 Å². The van der Waals surface area contributed by atoms with Gasteiger partial charge in [-0.1, -0.05) is 20.4 Å². The molecule has 3 nitrogen and oxygen atoms in total. The van der Waals surface area contributed by atoms with Crippen molar-refractivity contribution in [3.63, 3.8) is 0 Å². The highest BCUT2D eigenvalue weighted by molar-refractivity contribution is 5.36. The van der Waals surface area contributed by atoms with Crippen molar-refractivity contribution in [1.29, 1.82) is 0 Å². The van der Waals surface area contributed by atoms with Crippen LogP contribution in [0.2, 0.25) is 0 Å². The van der Waals surface area contributed by atoms with Crippen LogP contribution in [0.5, 0.6) is 0 Å². The Labute approximate surface area is 117 Å². The number of rotatable bonds is 8. The molecule has 0 bridgehead atoms. The summed E-state index contributed by atoms with van der Waals surface area (Å²) in [6, 6.07) is 4.55. The van der Waals surface area contributed by atoms with Gasteiger partial charge in [0.2, 0.25) is 0 Å². The average Bonchev–Trinajstić information content (AvgIpc) is 2.34. The van der Waals surface area contributed by atoms with Crippen LogP contribution >= 0.6 is 0 Å². The molecule has 0 aromatic carbocycles. The third kappa shape index (κ3) is 6.27. The molecule has 1 aromatic heterocycles. The summed E-state index contributed by atoms with van der Waals surface area (Å²) in [6.07, 6.45) is 3.89. The molecule has 0 aliphatic carbocycles. The highest BCUT2D eigenvalue weighted by atomic mass is 15.0. The molecule has 3 heteroatoms. The van der Waals surface area contributed by atoms with Crippen molar-refractivity contribution in [1.82, 2.24) is 10.3 Å². The van der Waals surface area contributed by atoms with Crippen molar-refractivity contribution in [3.05, 3.63) is 36.2 Å². The predicted octanol–water partition coefficient (Wildman–Crippen LogP) is 3.73. The lowest BCUT2D eigenvalue weighted by atomic mass is 10.1. The maximum atomic E-state index is 4.28. The molecule has 0 saturated carbocycles. The standard InChI is InChI=1S/C16H27N3/c1-12(2)15(5)19-14(4)7-6-9-17-16-11-13(3)8-10-18-16/h8,10-12,15,19H,4,6-7,9H2,1-3,5H3,(H,17,18). The zero-order valence-corrected chi connectivity index (χ0v) is 12.7. The van der Waals surface area contributed by atoms with E-state index in [1.807, 2.05) is 12.3 Å². The van der Waals surface area contributed by atoms with E-state index in [0.717, 1.165) is 30.9 Å². The fourth-order valence-electron chi connectivity index (χ4n) is 1.71. The van der Waals surface area contributed by atoms with E-state index in [1.165, 1.54) is 5.56 Å². The van der Waals surface area contributed by atoms with E-state index in [0.29, 0.717) is 12.0 Å². The molecule has 0 aliphatic rings. The molecule has 0 spiro atoms. The SMILES string of the molecule is C=C(CCCNc1cc(C)ccn1)NC(C)C(C)C. The quantitative estimate of drug-likeness (QED) is 0.700. The van der Waals surface area contributed by atoms with Crippen LogP contribution in [0.15, 0.2) is 30.6 Å². The average molecular weight is 261 g/mol. The second kappa shape index (κ2) is 7.82. The number of hydrogen-bond acceptors (Lipinski definition) is 3. The van der Waals surface area contributed by atoms with Crippen molar-refractivity contribution >= 4 is 5.82 Å². The highest BCUT2D eigenvalue weighted by Gasteiger charge is 2.06. The van der Waals surface area contributed by atoms with Crippen LogP contribution in [0.4, 0.5) is 5.82 Å². The molecule has 0 saturated heterocycles. The molecular weight excluding hydrogens is 234 g/mol. The molecule has 106 valence electrons. The van der Waals surface area contributed by atoms with Crippen LogP contribution in [0.1, 0.15) is 39.2 Å². The maximum Gasteiger partial charge on any atom is 0.126 e. The van der Waals surface area contributed by atoms with Crippen LogP contribution in [-0.4, -0.2) is 17.6 Å². The van der Waals surface area contributed by atoms with Gasteiger partial charge in [0.15, 0.2) is 0 Å². The molecule has 1 heterocycles. The summed E-state index contributed by atoms with van der Waals surface area (Å²) in [5, 5.41) is 6.79. The molecular formula is C16H27N3. The number of hydrogen-bond donors (Lipinski definition) is 2. The molecule has 1 aromatic rings. The fourth-order valence-corrected chi connectivity index (χ4v) is 1.71. The molecule has 0 radical (unpaired) electrons. The van der Waals surface area contributed by atoms with Crippen LogP contribution in [0, 0.1) is 12.8 Å². The van der Waals surface area contributed by atoms with Gasteiger partial charge in [-0.15, -0.1) is 0 Å². The molecule has 1 atom stereocenters. The summed E-state index contributed by atoms with van der Waals surface area (Å²) in [7, 11) is 0. The minimum Gasteiger partial charge on any atom is -0.386 e. The van der Waals surface area contributed by atoms with Gasteiger partial charge in [0, 0.05) is 24.5 Å². The minimum absolute atomic E-state index is 0.485. The largest absolute Gasteiger partial charge is 0.386 e. The Bertz CT molecular complexity index is 399. The summed E-state index contributed by atoms with van der Waals surface area (Å²) in [4.78, 5) is 4.28. The van der Waals surface area contributed by atoms with Crippen LogP contribution in [0.3, 0.4) is 0 Å². The molecule has 0 amide bonds. The first-order chi connectivity index (χ1) is 8.99. The molecule has 1 unspecified atom stereocenters. The first-order valence-corrected chi connectivity index (χ1v) is 7.10. The van der Waals surface area contributed by atoms with Gasteiger partial charge in [0.1, 0.15) is 5.82 Å². The number of anilines is 1. The van der Waals surface area contributed by atoms with Crippen molar-refractivity contribution in [2.24, 2.45) is 5.92 Å². The second-order valence-electron chi connectivity index (χ2n) is 5.53. The number of allylic oxidation sites excluding steroid dienone is 1. The Balaban J connectivity index is 2.19. The lowest BCUT2D eigenvalue weighted by Crippen LogP contribution is -2.29. The number of nitrogens with one attached hydrogen (secondary N) is 2. The zero-order valence-electron chi connectivity index (χ0n) is 12.7. The lowest BCUT2D eigenvalue weighted by molar-refractivity contribution is 0.454. The summed E-state index contributed by atoms with van der Waals surface area (Å²) >= 11 is 0. The van der Waals surface area contributed by atoms with Gasteiger partial charge in [-0.05, 0) is 50.3 Å². The van der Waals surface area contributed by atoms with Crippen LogP contribution < -0.4 is 10.6 Å². The van der Waals surface area contributed by atoms with Gasteiger partial charge in [0.25, 0.3) is 0 Å². The van der Waals surface area contributed by atoms with E-state index in [9.17, 15) is 0 Å². The van der Waals surface area contributed by atoms with Crippen molar-refractivity contribution in [2.75, 3.05) is 11.9 Å². The topological polar surface area (TPSA) is 37.0 Å². The fraction of sp³-hybridized carbons (Fsp3) is 0.562. The zero-order chi connectivity index (χ0) is 14.3. The minimum atomic E-state index is 0.485.